The number of aromatic hydroxyl groups is 1. The summed E-state index contributed by atoms with van der Waals surface area (Å²) >= 11 is 0. The fraction of sp³-hybridized carbons (Fsp3) is 0.647. The lowest BCUT2D eigenvalue weighted by atomic mass is 9.69. The summed E-state index contributed by atoms with van der Waals surface area (Å²) in [7, 11) is 1.57. The summed E-state index contributed by atoms with van der Waals surface area (Å²) in [5.41, 5.74) is 1.73. The number of phenols is 1. The van der Waals surface area contributed by atoms with Gasteiger partial charge in [-0.25, -0.2) is 0 Å². The number of phenolic OH excluding ortho intramolecular Hbond substituents is 1. The minimum Gasteiger partial charge on any atom is -0.504 e. The van der Waals surface area contributed by atoms with Gasteiger partial charge in [-0.3, -0.25) is 0 Å². The van der Waals surface area contributed by atoms with Crippen molar-refractivity contribution >= 4 is 5.69 Å². The van der Waals surface area contributed by atoms with E-state index in [1.54, 1.807) is 13.2 Å². The van der Waals surface area contributed by atoms with Crippen LogP contribution in [0.2, 0.25) is 0 Å². The average molecular weight is 275 g/mol. The second kappa shape index (κ2) is 4.31. The van der Waals surface area contributed by atoms with E-state index < -0.39 is 0 Å². The van der Waals surface area contributed by atoms with E-state index in [1.807, 2.05) is 12.1 Å². The maximum atomic E-state index is 9.90. The molecule has 2 bridgehead atoms. The van der Waals surface area contributed by atoms with Gasteiger partial charge in [0.05, 0.1) is 7.11 Å². The molecule has 3 atom stereocenters. The number of methoxy groups -OCH3 is 1. The zero-order valence-electron chi connectivity index (χ0n) is 12.9. The molecule has 20 heavy (non-hydrogen) atoms. The summed E-state index contributed by atoms with van der Waals surface area (Å²) in [5, 5.41) is 13.5. The van der Waals surface area contributed by atoms with Crippen LogP contribution in [0.25, 0.3) is 0 Å². The Labute approximate surface area is 121 Å². The summed E-state index contributed by atoms with van der Waals surface area (Å²) in [4.78, 5) is 0. The van der Waals surface area contributed by atoms with Crippen molar-refractivity contribution in [1.82, 2.24) is 0 Å². The highest BCUT2D eigenvalue weighted by atomic mass is 16.5. The SMILES string of the molecule is COc1ccc(NC2CC3CCC2(C)C3(C)C)cc1O. The third-order valence-corrected chi connectivity index (χ3v) is 6.31. The van der Waals surface area contributed by atoms with Crippen molar-refractivity contribution in [2.24, 2.45) is 16.7 Å². The largest absolute Gasteiger partial charge is 0.504 e. The number of ether oxygens (including phenoxy) is 1. The van der Waals surface area contributed by atoms with Gasteiger partial charge in [-0.15, -0.1) is 0 Å². The fourth-order valence-corrected chi connectivity index (χ4v) is 4.40. The highest BCUT2D eigenvalue weighted by Crippen LogP contribution is 2.65. The monoisotopic (exact) mass is 275 g/mol. The zero-order chi connectivity index (χ0) is 14.5. The van der Waals surface area contributed by atoms with Crippen molar-refractivity contribution in [3.63, 3.8) is 0 Å². The minimum absolute atomic E-state index is 0.199. The van der Waals surface area contributed by atoms with Gasteiger partial charge in [0, 0.05) is 17.8 Å². The molecule has 2 saturated carbocycles. The molecule has 0 spiro atoms. The van der Waals surface area contributed by atoms with E-state index in [9.17, 15) is 5.11 Å². The molecule has 1 aromatic carbocycles. The fourth-order valence-electron chi connectivity index (χ4n) is 4.40. The molecule has 3 rings (SSSR count). The molecule has 0 heterocycles. The Morgan fingerprint density at radius 3 is 2.55 bits per heavy atom. The smallest absolute Gasteiger partial charge is 0.160 e. The van der Waals surface area contributed by atoms with Crippen molar-refractivity contribution in [1.29, 1.82) is 0 Å². The second-order valence-corrected chi connectivity index (χ2v) is 7.19. The summed E-state index contributed by atoms with van der Waals surface area (Å²) in [6, 6.07) is 6.06. The standard InChI is InChI=1S/C17H25NO2/c1-16(2)11-7-8-17(16,3)15(9-11)18-12-5-6-14(20-4)13(19)10-12/h5-6,10-11,15,18-19H,7-9H2,1-4H3. The first kappa shape index (κ1) is 13.6. The molecule has 2 N–H and O–H groups in total. The van der Waals surface area contributed by atoms with Crippen molar-refractivity contribution < 1.29 is 9.84 Å². The van der Waals surface area contributed by atoms with E-state index in [2.05, 4.69) is 26.1 Å². The highest BCUT2D eigenvalue weighted by molar-refractivity contribution is 5.55. The van der Waals surface area contributed by atoms with Crippen molar-refractivity contribution in [3.8, 4) is 11.5 Å². The number of nitrogens with one attached hydrogen (secondary N) is 1. The van der Waals surface area contributed by atoms with Crippen molar-refractivity contribution in [2.45, 2.75) is 46.1 Å². The highest BCUT2D eigenvalue weighted by Gasteiger charge is 2.61. The molecule has 110 valence electrons. The van der Waals surface area contributed by atoms with Crippen LogP contribution in [0.1, 0.15) is 40.0 Å². The van der Waals surface area contributed by atoms with Crippen LogP contribution in [0.15, 0.2) is 18.2 Å². The molecular formula is C17H25NO2. The number of hydrogen-bond acceptors (Lipinski definition) is 3. The number of anilines is 1. The van der Waals surface area contributed by atoms with Gasteiger partial charge in [0.15, 0.2) is 11.5 Å². The van der Waals surface area contributed by atoms with Gasteiger partial charge in [-0.05, 0) is 48.1 Å². The van der Waals surface area contributed by atoms with Crippen LogP contribution in [-0.4, -0.2) is 18.3 Å². The molecule has 3 unspecified atom stereocenters. The van der Waals surface area contributed by atoms with Crippen molar-refractivity contribution in [2.75, 3.05) is 12.4 Å². The number of hydrogen-bond donors (Lipinski definition) is 2. The van der Waals surface area contributed by atoms with Gasteiger partial charge < -0.3 is 15.2 Å². The third-order valence-electron chi connectivity index (χ3n) is 6.31. The Morgan fingerprint density at radius 2 is 2.05 bits per heavy atom. The maximum absolute atomic E-state index is 9.90. The van der Waals surface area contributed by atoms with E-state index in [0.717, 1.165) is 11.6 Å². The second-order valence-electron chi connectivity index (χ2n) is 7.19. The molecule has 0 aliphatic heterocycles. The molecule has 2 aliphatic carbocycles. The van der Waals surface area contributed by atoms with E-state index in [1.165, 1.54) is 19.3 Å². The Hall–Kier alpha value is -1.38. The van der Waals surface area contributed by atoms with E-state index in [4.69, 9.17) is 4.74 Å². The Bertz CT molecular complexity index is 526. The molecule has 3 nitrogen and oxygen atoms in total. The van der Waals surface area contributed by atoms with Crippen LogP contribution in [0.4, 0.5) is 5.69 Å². The van der Waals surface area contributed by atoms with Crippen LogP contribution in [-0.2, 0) is 0 Å². The first-order valence-electron chi connectivity index (χ1n) is 7.52. The Morgan fingerprint density at radius 1 is 1.30 bits per heavy atom. The van der Waals surface area contributed by atoms with Gasteiger partial charge in [-0.1, -0.05) is 20.8 Å². The van der Waals surface area contributed by atoms with E-state index >= 15 is 0 Å². The van der Waals surface area contributed by atoms with Gasteiger partial charge in [-0.2, -0.15) is 0 Å². The Kier molecular flexibility index (Phi) is 2.93. The molecule has 1 aromatic rings. The van der Waals surface area contributed by atoms with Crippen LogP contribution < -0.4 is 10.1 Å². The molecule has 3 heteroatoms. The van der Waals surface area contributed by atoms with Crippen LogP contribution in [0.5, 0.6) is 11.5 Å². The quantitative estimate of drug-likeness (QED) is 0.875. The Balaban J connectivity index is 1.81. The summed E-state index contributed by atoms with van der Waals surface area (Å²) in [5.74, 6) is 1.54. The zero-order valence-corrected chi connectivity index (χ0v) is 12.9. The molecule has 2 fully saturated rings. The number of rotatable bonds is 3. The van der Waals surface area contributed by atoms with Gasteiger partial charge >= 0.3 is 0 Å². The van der Waals surface area contributed by atoms with Gasteiger partial charge in [0.1, 0.15) is 0 Å². The van der Waals surface area contributed by atoms with Gasteiger partial charge in [0.25, 0.3) is 0 Å². The minimum atomic E-state index is 0.199. The number of benzene rings is 1. The molecule has 2 aliphatic rings. The molecule has 0 aromatic heterocycles. The molecule has 0 amide bonds. The van der Waals surface area contributed by atoms with Crippen molar-refractivity contribution in [3.05, 3.63) is 18.2 Å². The summed E-state index contributed by atoms with van der Waals surface area (Å²) < 4.78 is 5.09. The van der Waals surface area contributed by atoms with Crippen LogP contribution in [0.3, 0.4) is 0 Å². The predicted octanol–water partition coefficient (Wildman–Crippen LogP) is 4.03. The van der Waals surface area contributed by atoms with Crippen LogP contribution >= 0.6 is 0 Å². The molecular weight excluding hydrogens is 250 g/mol. The predicted molar refractivity (Wildman–Crippen MR) is 81.3 cm³/mol. The van der Waals surface area contributed by atoms with Crippen LogP contribution in [0, 0.1) is 16.7 Å². The maximum Gasteiger partial charge on any atom is 0.160 e. The molecule has 0 radical (unpaired) electrons. The summed E-state index contributed by atoms with van der Waals surface area (Å²) in [6.45, 7) is 7.25. The normalized spacial score (nSPS) is 34.2. The first-order chi connectivity index (χ1) is 9.38. The molecule has 0 saturated heterocycles. The lowest BCUT2D eigenvalue weighted by Gasteiger charge is -2.40. The lowest BCUT2D eigenvalue weighted by molar-refractivity contribution is 0.142. The average Bonchev–Trinajstić information content (AvgIpc) is 2.72. The van der Waals surface area contributed by atoms with Gasteiger partial charge in [0.2, 0.25) is 0 Å². The van der Waals surface area contributed by atoms with E-state index in [-0.39, 0.29) is 5.75 Å². The summed E-state index contributed by atoms with van der Waals surface area (Å²) in [6.07, 6.45) is 3.89. The van der Waals surface area contributed by atoms with E-state index in [0.29, 0.717) is 22.6 Å². The topological polar surface area (TPSA) is 41.5 Å². The lowest BCUT2D eigenvalue weighted by Crippen LogP contribution is -2.40. The third kappa shape index (κ3) is 1.72. The number of fused-ring (bicyclic) bond motifs is 2. The first-order valence-corrected chi connectivity index (χ1v) is 7.52.